The first-order valence-electron chi connectivity index (χ1n) is 5.64. The quantitative estimate of drug-likeness (QED) is 0.907. The molecule has 0 spiro atoms. The third-order valence-electron chi connectivity index (χ3n) is 2.81. The molecule has 0 radical (unpaired) electrons. The Balaban J connectivity index is 2.91. The number of aliphatic carboxylic acids is 1. The largest absolute Gasteiger partial charge is 0.480 e. The Morgan fingerprint density at radius 3 is 2.53 bits per heavy atom. The molecule has 1 rings (SSSR count). The molecule has 0 aliphatic heterocycles. The van der Waals surface area contributed by atoms with E-state index in [-0.39, 0.29) is 18.6 Å². The van der Waals surface area contributed by atoms with Gasteiger partial charge in [0.1, 0.15) is 0 Å². The zero-order valence-corrected chi connectivity index (χ0v) is 11.9. The highest BCUT2D eigenvalue weighted by Gasteiger charge is 2.21. The standard InChI is InChI=1S/C13H18BrNO2/c1-9(2)15(8-13(16)17)10(3)11-5-4-6-12(14)7-11/h4-7,9-10H,8H2,1-3H3,(H,16,17). The Bertz CT molecular complexity index is 393. The molecular formula is C13H18BrNO2. The highest BCUT2D eigenvalue weighted by molar-refractivity contribution is 9.10. The van der Waals surface area contributed by atoms with Gasteiger partial charge in [0.05, 0.1) is 6.54 Å². The van der Waals surface area contributed by atoms with Crippen LogP contribution in [-0.2, 0) is 4.79 Å². The Morgan fingerprint density at radius 2 is 2.06 bits per heavy atom. The second-order valence-corrected chi connectivity index (χ2v) is 5.31. The van der Waals surface area contributed by atoms with Crippen LogP contribution in [0.5, 0.6) is 0 Å². The molecular weight excluding hydrogens is 282 g/mol. The number of carbonyl (C=O) groups is 1. The van der Waals surface area contributed by atoms with Crippen LogP contribution in [0.25, 0.3) is 0 Å². The molecule has 1 aromatic carbocycles. The van der Waals surface area contributed by atoms with Crippen LogP contribution >= 0.6 is 15.9 Å². The number of halogens is 1. The topological polar surface area (TPSA) is 40.5 Å². The number of hydrogen-bond acceptors (Lipinski definition) is 2. The van der Waals surface area contributed by atoms with Crippen molar-refractivity contribution in [2.75, 3.05) is 6.54 Å². The Kier molecular flexibility index (Phi) is 5.15. The van der Waals surface area contributed by atoms with E-state index in [1.54, 1.807) is 0 Å². The SMILES string of the molecule is CC(C)N(CC(=O)O)C(C)c1cccc(Br)c1. The van der Waals surface area contributed by atoms with Gasteiger partial charge < -0.3 is 5.11 Å². The van der Waals surface area contributed by atoms with Gasteiger partial charge in [-0.05, 0) is 38.5 Å². The predicted octanol–water partition coefficient (Wildman–Crippen LogP) is 3.31. The van der Waals surface area contributed by atoms with E-state index < -0.39 is 5.97 Å². The number of hydrogen-bond donors (Lipinski definition) is 1. The normalized spacial score (nSPS) is 13.1. The summed E-state index contributed by atoms with van der Waals surface area (Å²) in [5, 5.41) is 8.93. The number of nitrogens with zero attached hydrogens (tertiary/aromatic N) is 1. The van der Waals surface area contributed by atoms with Crippen LogP contribution in [0.4, 0.5) is 0 Å². The fourth-order valence-corrected chi connectivity index (χ4v) is 2.30. The summed E-state index contributed by atoms with van der Waals surface area (Å²) in [5.74, 6) is -0.791. The summed E-state index contributed by atoms with van der Waals surface area (Å²) < 4.78 is 1.01. The fourth-order valence-electron chi connectivity index (χ4n) is 1.88. The first-order chi connectivity index (χ1) is 7.91. The summed E-state index contributed by atoms with van der Waals surface area (Å²) in [7, 11) is 0. The van der Waals surface area contributed by atoms with Crippen molar-refractivity contribution in [3.8, 4) is 0 Å². The second kappa shape index (κ2) is 6.17. The van der Waals surface area contributed by atoms with Crippen molar-refractivity contribution in [3.63, 3.8) is 0 Å². The molecule has 0 aliphatic carbocycles. The van der Waals surface area contributed by atoms with Crippen molar-refractivity contribution in [2.45, 2.75) is 32.9 Å². The van der Waals surface area contributed by atoms with Gasteiger partial charge in [-0.3, -0.25) is 9.69 Å². The summed E-state index contributed by atoms with van der Waals surface area (Å²) in [4.78, 5) is 12.8. The average Bonchev–Trinajstić information content (AvgIpc) is 2.24. The molecule has 17 heavy (non-hydrogen) atoms. The highest BCUT2D eigenvalue weighted by Crippen LogP contribution is 2.24. The maximum absolute atomic E-state index is 10.9. The minimum Gasteiger partial charge on any atom is -0.480 e. The van der Waals surface area contributed by atoms with Gasteiger partial charge in [0.25, 0.3) is 0 Å². The van der Waals surface area contributed by atoms with Crippen LogP contribution in [0, 0.1) is 0 Å². The molecule has 3 nitrogen and oxygen atoms in total. The minimum absolute atomic E-state index is 0.0609. The number of carboxylic acids is 1. The van der Waals surface area contributed by atoms with Gasteiger partial charge in [-0.2, -0.15) is 0 Å². The molecule has 1 N–H and O–H groups in total. The first kappa shape index (κ1) is 14.2. The van der Waals surface area contributed by atoms with Crippen LogP contribution in [0.1, 0.15) is 32.4 Å². The van der Waals surface area contributed by atoms with Gasteiger partial charge in [0.2, 0.25) is 0 Å². The summed E-state index contributed by atoms with van der Waals surface area (Å²) in [5.41, 5.74) is 1.12. The van der Waals surface area contributed by atoms with E-state index in [0.29, 0.717) is 0 Å². The van der Waals surface area contributed by atoms with E-state index in [2.05, 4.69) is 15.9 Å². The third kappa shape index (κ3) is 4.13. The van der Waals surface area contributed by atoms with Gasteiger partial charge in [0, 0.05) is 16.6 Å². The molecule has 4 heteroatoms. The average molecular weight is 300 g/mol. The van der Waals surface area contributed by atoms with Crippen molar-refractivity contribution in [1.82, 2.24) is 4.90 Å². The van der Waals surface area contributed by atoms with E-state index in [0.717, 1.165) is 10.0 Å². The summed E-state index contributed by atoms with van der Waals surface area (Å²) in [6.45, 7) is 6.12. The number of rotatable bonds is 5. The smallest absolute Gasteiger partial charge is 0.317 e. The first-order valence-corrected chi connectivity index (χ1v) is 6.44. The van der Waals surface area contributed by atoms with Crippen LogP contribution in [0.2, 0.25) is 0 Å². The lowest BCUT2D eigenvalue weighted by atomic mass is 10.1. The van der Waals surface area contributed by atoms with E-state index in [9.17, 15) is 4.79 Å². The zero-order chi connectivity index (χ0) is 13.0. The predicted molar refractivity (Wildman–Crippen MR) is 72.0 cm³/mol. The zero-order valence-electron chi connectivity index (χ0n) is 10.4. The molecule has 1 atom stereocenters. The van der Waals surface area contributed by atoms with Gasteiger partial charge in [-0.25, -0.2) is 0 Å². The summed E-state index contributed by atoms with van der Waals surface area (Å²) in [6, 6.07) is 8.26. The lowest BCUT2D eigenvalue weighted by Crippen LogP contribution is -2.37. The summed E-state index contributed by atoms with van der Waals surface area (Å²) in [6.07, 6.45) is 0. The molecule has 0 fully saturated rings. The van der Waals surface area contributed by atoms with E-state index in [1.807, 2.05) is 49.9 Å². The Labute approximate surface area is 111 Å². The van der Waals surface area contributed by atoms with E-state index in [4.69, 9.17) is 5.11 Å². The third-order valence-corrected chi connectivity index (χ3v) is 3.30. The monoisotopic (exact) mass is 299 g/mol. The molecule has 0 saturated heterocycles. The second-order valence-electron chi connectivity index (χ2n) is 4.39. The van der Waals surface area contributed by atoms with Crippen LogP contribution in [-0.4, -0.2) is 28.6 Å². The molecule has 0 aromatic heterocycles. The van der Waals surface area contributed by atoms with Crippen molar-refractivity contribution in [1.29, 1.82) is 0 Å². The van der Waals surface area contributed by atoms with Crippen molar-refractivity contribution in [3.05, 3.63) is 34.3 Å². The highest BCUT2D eigenvalue weighted by atomic mass is 79.9. The lowest BCUT2D eigenvalue weighted by Gasteiger charge is -2.31. The van der Waals surface area contributed by atoms with Gasteiger partial charge in [-0.1, -0.05) is 28.1 Å². The molecule has 1 unspecified atom stereocenters. The summed E-state index contributed by atoms with van der Waals surface area (Å²) >= 11 is 3.43. The van der Waals surface area contributed by atoms with Gasteiger partial charge in [-0.15, -0.1) is 0 Å². The molecule has 0 amide bonds. The molecule has 0 bridgehead atoms. The number of benzene rings is 1. The molecule has 0 aliphatic rings. The van der Waals surface area contributed by atoms with Crippen LogP contribution in [0.3, 0.4) is 0 Å². The lowest BCUT2D eigenvalue weighted by molar-refractivity contribution is -0.139. The Hall–Kier alpha value is -0.870. The van der Waals surface area contributed by atoms with E-state index >= 15 is 0 Å². The van der Waals surface area contributed by atoms with E-state index in [1.165, 1.54) is 0 Å². The minimum atomic E-state index is -0.791. The molecule has 0 saturated carbocycles. The van der Waals surface area contributed by atoms with Gasteiger partial charge in [0.15, 0.2) is 0 Å². The fraction of sp³-hybridized carbons (Fsp3) is 0.462. The van der Waals surface area contributed by atoms with Gasteiger partial charge >= 0.3 is 5.97 Å². The van der Waals surface area contributed by atoms with Crippen molar-refractivity contribution < 1.29 is 9.90 Å². The van der Waals surface area contributed by atoms with Crippen molar-refractivity contribution >= 4 is 21.9 Å². The number of carboxylic acid groups (broad SMARTS) is 1. The maximum Gasteiger partial charge on any atom is 0.317 e. The Morgan fingerprint density at radius 1 is 1.41 bits per heavy atom. The molecule has 94 valence electrons. The van der Waals surface area contributed by atoms with Crippen LogP contribution in [0.15, 0.2) is 28.7 Å². The molecule has 0 heterocycles. The maximum atomic E-state index is 10.9. The molecule has 1 aromatic rings. The van der Waals surface area contributed by atoms with Crippen LogP contribution < -0.4 is 0 Å². The van der Waals surface area contributed by atoms with Crippen molar-refractivity contribution in [2.24, 2.45) is 0 Å².